The van der Waals surface area contributed by atoms with Crippen LogP contribution in [-0.4, -0.2) is 27.8 Å². The Labute approximate surface area is 122 Å². The highest BCUT2D eigenvalue weighted by atomic mass is 16.6. The standard InChI is InChI=1S/C14H17N3O4/c1-8(2)12-13(18)16(14(19)15-12)7-10-5-4-6-11(9(10)3)17(20)21/h4-6,8,12H,7H2,1-3H3,(H,15,19). The molecule has 1 saturated heterocycles. The van der Waals surface area contributed by atoms with Crippen LogP contribution in [0.3, 0.4) is 0 Å². The van der Waals surface area contributed by atoms with Gasteiger partial charge in [0.1, 0.15) is 6.04 Å². The van der Waals surface area contributed by atoms with Crippen molar-refractivity contribution >= 4 is 17.6 Å². The summed E-state index contributed by atoms with van der Waals surface area (Å²) in [6, 6.07) is 3.66. The van der Waals surface area contributed by atoms with Crippen LogP contribution in [-0.2, 0) is 11.3 Å². The highest BCUT2D eigenvalue weighted by molar-refractivity contribution is 6.04. The number of amides is 3. The first-order valence-corrected chi connectivity index (χ1v) is 6.67. The van der Waals surface area contributed by atoms with Gasteiger partial charge in [0.15, 0.2) is 0 Å². The van der Waals surface area contributed by atoms with Crippen LogP contribution in [0.25, 0.3) is 0 Å². The molecule has 1 heterocycles. The highest BCUT2D eigenvalue weighted by Crippen LogP contribution is 2.24. The molecule has 0 spiro atoms. The molecule has 1 fully saturated rings. The van der Waals surface area contributed by atoms with E-state index in [0.29, 0.717) is 11.1 Å². The molecule has 0 bridgehead atoms. The molecule has 0 aromatic heterocycles. The fraction of sp³-hybridized carbons (Fsp3) is 0.429. The SMILES string of the molecule is Cc1c(CN2C(=O)NC(C(C)C)C2=O)cccc1[N+](=O)[O-]. The zero-order valence-corrected chi connectivity index (χ0v) is 12.1. The van der Waals surface area contributed by atoms with Crippen LogP contribution >= 0.6 is 0 Å². The molecule has 1 aliphatic heterocycles. The average Bonchev–Trinajstić information content (AvgIpc) is 2.68. The van der Waals surface area contributed by atoms with Crippen molar-refractivity contribution in [1.29, 1.82) is 0 Å². The minimum Gasteiger partial charge on any atom is -0.326 e. The first-order chi connectivity index (χ1) is 9.82. The molecule has 7 nitrogen and oxygen atoms in total. The summed E-state index contributed by atoms with van der Waals surface area (Å²) in [5, 5.41) is 13.6. The van der Waals surface area contributed by atoms with Gasteiger partial charge in [0.05, 0.1) is 11.5 Å². The van der Waals surface area contributed by atoms with Gasteiger partial charge in [0.25, 0.3) is 11.6 Å². The zero-order valence-electron chi connectivity index (χ0n) is 12.1. The van der Waals surface area contributed by atoms with Crippen molar-refractivity contribution in [2.24, 2.45) is 5.92 Å². The number of nitro benzene ring substituents is 1. The minimum absolute atomic E-state index is 0.00217. The Hall–Kier alpha value is -2.44. The van der Waals surface area contributed by atoms with Gasteiger partial charge in [-0.1, -0.05) is 26.0 Å². The Balaban J connectivity index is 2.27. The Morgan fingerprint density at radius 3 is 2.57 bits per heavy atom. The van der Waals surface area contributed by atoms with E-state index in [9.17, 15) is 19.7 Å². The zero-order chi connectivity index (χ0) is 15.7. The maximum Gasteiger partial charge on any atom is 0.325 e. The van der Waals surface area contributed by atoms with Gasteiger partial charge >= 0.3 is 6.03 Å². The summed E-state index contributed by atoms with van der Waals surface area (Å²) in [4.78, 5) is 35.7. The molecule has 2 rings (SSSR count). The Morgan fingerprint density at radius 2 is 2.05 bits per heavy atom. The Morgan fingerprint density at radius 1 is 1.38 bits per heavy atom. The van der Waals surface area contributed by atoms with Crippen LogP contribution in [0.4, 0.5) is 10.5 Å². The van der Waals surface area contributed by atoms with Crippen molar-refractivity contribution < 1.29 is 14.5 Å². The molecule has 0 aliphatic carbocycles. The third kappa shape index (κ3) is 2.72. The van der Waals surface area contributed by atoms with Crippen LogP contribution in [0.5, 0.6) is 0 Å². The van der Waals surface area contributed by atoms with Crippen molar-refractivity contribution in [3.8, 4) is 0 Å². The van der Waals surface area contributed by atoms with Crippen LogP contribution < -0.4 is 5.32 Å². The van der Waals surface area contributed by atoms with Crippen molar-refractivity contribution in [3.63, 3.8) is 0 Å². The van der Waals surface area contributed by atoms with Crippen molar-refractivity contribution in [3.05, 3.63) is 39.4 Å². The number of hydrogen-bond acceptors (Lipinski definition) is 4. The average molecular weight is 291 g/mol. The molecular formula is C14H17N3O4. The molecule has 1 aliphatic rings. The van der Waals surface area contributed by atoms with Gasteiger partial charge in [-0.25, -0.2) is 4.79 Å². The lowest BCUT2D eigenvalue weighted by molar-refractivity contribution is -0.385. The van der Waals surface area contributed by atoms with Gasteiger partial charge in [0.2, 0.25) is 0 Å². The number of nitrogens with one attached hydrogen (secondary N) is 1. The highest BCUT2D eigenvalue weighted by Gasteiger charge is 2.39. The second-order valence-electron chi connectivity index (χ2n) is 5.41. The largest absolute Gasteiger partial charge is 0.326 e. The van der Waals surface area contributed by atoms with Crippen molar-refractivity contribution in [1.82, 2.24) is 10.2 Å². The third-order valence-corrected chi connectivity index (χ3v) is 3.67. The lowest BCUT2D eigenvalue weighted by atomic mass is 10.0. The quantitative estimate of drug-likeness (QED) is 0.521. The van der Waals surface area contributed by atoms with Crippen molar-refractivity contribution in [2.45, 2.75) is 33.4 Å². The number of urea groups is 1. The van der Waals surface area contributed by atoms with Gasteiger partial charge < -0.3 is 5.32 Å². The second-order valence-corrected chi connectivity index (χ2v) is 5.41. The topological polar surface area (TPSA) is 92.6 Å². The lowest BCUT2D eigenvalue weighted by Crippen LogP contribution is -2.34. The number of rotatable bonds is 4. The van der Waals surface area contributed by atoms with E-state index < -0.39 is 17.0 Å². The molecule has 3 amide bonds. The first-order valence-electron chi connectivity index (χ1n) is 6.67. The normalized spacial score (nSPS) is 18.3. The molecule has 1 aromatic rings. The summed E-state index contributed by atoms with van der Waals surface area (Å²) in [7, 11) is 0. The van der Waals surface area contributed by atoms with Gasteiger partial charge in [-0.3, -0.25) is 19.8 Å². The Kier molecular flexibility index (Phi) is 3.93. The maximum absolute atomic E-state index is 12.2. The van der Waals surface area contributed by atoms with Crippen LogP contribution in [0, 0.1) is 23.0 Å². The van der Waals surface area contributed by atoms with E-state index in [-0.39, 0.29) is 24.1 Å². The molecule has 112 valence electrons. The predicted octanol–water partition coefficient (Wildman–Crippen LogP) is 1.98. The van der Waals surface area contributed by atoms with E-state index in [1.807, 2.05) is 13.8 Å². The number of nitro groups is 1. The summed E-state index contributed by atoms with van der Waals surface area (Å²) in [6.45, 7) is 5.36. The van der Waals surface area contributed by atoms with Gasteiger partial charge in [-0.05, 0) is 18.4 Å². The summed E-state index contributed by atoms with van der Waals surface area (Å²) in [5.74, 6) is -0.293. The van der Waals surface area contributed by atoms with E-state index in [4.69, 9.17) is 0 Å². The lowest BCUT2D eigenvalue weighted by Gasteiger charge is -2.15. The fourth-order valence-corrected chi connectivity index (χ4v) is 2.35. The third-order valence-electron chi connectivity index (χ3n) is 3.67. The van der Waals surface area contributed by atoms with Gasteiger partial charge in [-0.15, -0.1) is 0 Å². The summed E-state index contributed by atoms with van der Waals surface area (Å²) >= 11 is 0. The fourth-order valence-electron chi connectivity index (χ4n) is 2.35. The number of hydrogen-bond donors (Lipinski definition) is 1. The van der Waals surface area contributed by atoms with Crippen LogP contribution in [0.2, 0.25) is 0 Å². The molecular weight excluding hydrogens is 274 g/mol. The first kappa shape index (κ1) is 15.0. The molecule has 1 N–H and O–H groups in total. The maximum atomic E-state index is 12.2. The smallest absolute Gasteiger partial charge is 0.325 e. The monoisotopic (exact) mass is 291 g/mol. The molecule has 1 atom stereocenters. The Bertz CT molecular complexity index is 612. The molecule has 1 aromatic carbocycles. The summed E-state index contributed by atoms with van der Waals surface area (Å²) in [5.41, 5.74) is 1.05. The van der Waals surface area contributed by atoms with E-state index in [2.05, 4.69) is 5.32 Å². The molecule has 21 heavy (non-hydrogen) atoms. The van der Waals surface area contributed by atoms with Crippen LogP contribution in [0.1, 0.15) is 25.0 Å². The molecule has 1 unspecified atom stereocenters. The van der Waals surface area contributed by atoms with E-state index in [1.165, 1.54) is 6.07 Å². The summed E-state index contributed by atoms with van der Waals surface area (Å²) < 4.78 is 0. The summed E-state index contributed by atoms with van der Waals surface area (Å²) in [6.07, 6.45) is 0. The van der Waals surface area contributed by atoms with E-state index in [1.54, 1.807) is 19.1 Å². The van der Waals surface area contributed by atoms with Crippen LogP contribution in [0.15, 0.2) is 18.2 Å². The number of benzene rings is 1. The number of imide groups is 1. The number of carbonyl (C=O) groups excluding carboxylic acids is 2. The van der Waals surface area contributed by atoms with Gasteiger partial charge in [-0.2, -0.15) is 0 Å². The number of carbonyl (C=O) groups is 2. The molecule has 7 heteroatoms. The molecule has 0 radical (unpaired) electrons. The predicted molar refractivity (Wildman–Crippen MR) is 75.5 cm³/mol. The second kappa shape index (κ2) is 5.51. The van der Waals surface area contributed by atoms with E-state index in [0.717, 1.165) is 4.90 Å². The number of nitrogens with zero attached hydrogens (tertiary/aromatic N) is 2. The molecule has 0 saturated carbocycles. The van der Waals surface area contributed by atoms with E-state index >= 15 is 0 Å². The van der Waals surface area contributed by atoms with Gasteiger partial charge in [0, 0.05) is 11.6 Å². The van der Waals surface area contributed by atoms with Crippen molar-refractivity contribution in [2.75, 3.05) is 0 Å². The minimum atomic E-state index is -0.531.